The van der Waals surface area contributed by atoms with E-state index in [9.17, 15) is 0 Å². The first-order chi connectivity index (χ1) is 7.01. The molecule has 0 radical (unpaired) electrons. The Bertz CT molecular complexity index is 217. The summed E-state index contributed by atoms with van der Waals surface area (Å²) in [6.07, 6.45) is 1.43. The molecule has 2 saturated heterocycles. The highest BCUT2D eigenvalue weighted by atomic mass is 15.3. The van der Waals surface area contributed by atoms with E-state index in [1.165, 1.54) is 39.1 Å². The van der Waals surface area contributed by atoms with Gasteiger partial charge in [0.15, 0.2) is 0 Å². The van der Waals surface area contributed by atoms with Crippen LogP contribution < -0.4 is 0 Å². The molecule has 2 fully saturated rings. The van der Waals surface area contributed by atoms with Crippen LogP contribution in [-0.2, 0) is 0 Å². The topological polar surface area (TPSA) is 6.48 Å². The second-order valence-corrected chi connectivity index (χ2v) is 6.38. The third-order valence-electron chi connectivity index (χ3n) is 3.95. The van der Waals surface area contributed by atoms with Crippen molar-refractivity contribution in [3.63, 3.8) is 0 Å². The Morgan fingerprint density at radius 3 is 2.27 bits per heavy atom. The lowest BCUT2D eigenvalue weighted by molar-refractivity contribution is -0.0146. The van der Waals surface area contributed by atoms with Gasteiger partial charge in [-0.2, -0.15) is 0 Å². The van der Waals surface area contributed by atoms with Crippen molar-refractivity contribution < 1.29 is 0 Å². The average molecular weight is 210 g/mol. The molecule has 2 rings (SSSR count). The van der Waals surface area contributed by atoms with Gasteiger partial charge in [-0.25, -0.2) is 0 Å². The molecular weight excluding hydrogens is 184 g/mol. The smallest absolute Gasteiger partial charge is 0.00971 e. The first-order valence-electron chi connectivity index (χ1n) is 6.47. The molecule has 1 spiro atoms. The molecule has 0 atom stereocenters. The van der Waals surface area contributed by atoms with E-state index in [1.807, 2.05) is 0 Å². The third kappa shape index (κ3) is 2.36. The Balaban J connectivity index is 1.79. The van der Waals surface area contributed by atoms with Gasteiger partial charge in [0.1, 0.15) is 0 Å². The zero-order valence-corrected chi connectivity index (χ0v) is 10.8. The Labute approximate surface area is 94.6 Å². The van der Waals surface area contributed by atoms with E-state index >= 15 is 0 Å². The summed E-state index contributed by atoms with van der Waals surface area (Å²) in [6.45, 7) is 16.0. The van der Waals surface area contributed by atoms with Gasteiger partial charge >= 0.3 is 0 Å². The SMILES string of the molecule is CC(C)CN1CCC2(C1)CN(C(C)C)C2. The molecule has 0 aliphatic carbocycles. The second kappa shape index (κ2) is 4.06. The summed E-state index contributed by atoms with van der Waals surface area (Å²) in [7, 11) is 0. The summed E-state index contributed by atoms with van der Waals surface area (Å²) >= 11 is 0. The molecule has 2 nitrogen and oxygen atoms in total. The van der Waals surface area contributed by atoms with Crippen LogP contribution in [0.4, 0.5) is 0 Å². The number of nitrogens with zero attached hydrogens (tertiary/aromatic N) is 2. The van der Waals surface area contributed by atoms with Crippen LogP contribution in [0.3, 0.4) is 0 Å². The van der Waals surface area contributed by atoms with E-state index in [0.717, 1.165) is 12.0 Å². The van der Waals surface area contributed by atoms with Crippen molar-refractivity contribution in [2.24, 2.45) is 11.3 Å². The molecule has 0 bridgehead atoms. The Morgan fingerprint density at radius 1 is 1.07 bits per heavy atom. The van der Waals surface area contributed by atoms with Gasteiger partial charge in [0.25, 0.3) is 0 Å². The van der Waals surface area contributed by atoms with Crippen LogP contribution in [0, 0.1) is 11.3 Å². The van der Waals surface area contributed by atoms with Crippen LogP contribution in [0.2, 0.25) is 0 Å². The van der Waals surface area contributed by atoms with Crippen LogP contribution >= 0.6 is 0 Å². The van der Waals surface area contributed by atoms with Crippen LogP contribution in [0.25, 0.3) is 0 Å². The molecule has 0 N–H and O–H groups in total. The molecule has 15 heavy (non-hydrogen) atoms. The molecule has 2 heteroatoms. The summed E-state index contributed by atoms with van der Waals surface area (Å²) in [5, 5.41) is 0. The molecule has 0 aromatic rings. The third-order valence-corrected chi connectivity index (χ3v) is 3.95. The lowest BCUT2D eigenvalue weighted by atomic mass is 9.78. The molecular formula is C13H26N2. The summed E-state index contributed by atoms with van der Waals surface area (Å²) in [4.78, 5) is 5.28. The maximum absolute atomic E-state index is 2.67. The second-order valence-electron chi connectivity index (χ2n) is 6.38. The number of rotatable bonds is 3. The quantitative estimate of drug-likeness (QED) is 0.703. The van der Waals surface area contributed by atoms with Gasteiger partial charge in [0.2, 0.25) is 0 Å². The van der Waals surface area contributed by atoms with E-state index in [1.54, 1.807) is 0 Å². The highest BCUT2D eigenvalue weighted by molar-refractivity contribution is 5.02. The van der Waals surface area contributed by atoms with Gasteiger partial charge < -0.3 is 4.90 Å². The number of hydrogen-bond donors (Lipinski definition) is 0. The van der Waals surface area contributed by atoms with Crippen molar-refractivity contribution in [1.29, 1.82) is 0 Å². The average Bonchev–Trinajstić information content (AvgIpc) is 2.44. The van der Waals surface area contributed by atoms with Crippen molar-refractivity contribution >= 4 is 0 Å². The molecule has 0 amide bonds. The van der Waals surface area contributed by atoms with Crippen molar-refractivity contribution in [1.82, 2.24) is 9.80 Å². The predicted octanol–water partition coefficient (Wildman–Crippen LogP) is 2.06. The minimum absolute atomic E-state index is 0.680. The van der Waals surface area contributed by atoms with Crippen molar-refractivity contribution in [2.75, 3.05) is 32.7 Å². The van der Waals surface area contributed by atoms with E-state index in [-0.39, 0.29) is 0 Å². The summed E-state index contributed by atoms with van der Waals surface area (Å²) in [5.41, 5.74) is 0.680. The minimum atomic E-state index is 0.680. The van der Waals surface area contributed by atoms with E-state index < -0.39 is 0 Å². The largest absolute Gasteiger partial charge is 0.302 e. The fourth-order valence-corrected chi connectivity index (χ4v) is 3.14. The summed E-state index contributed by atoms with van der Waals surface area (Å²) < 4.78 is 0. The number of hydrogen-bond acceptors (Lipinski definition) is 2. The maximum atomic E-state index is 2.67. The number of likely N-dealkylation sites (tertiary alicyclic amines) is 2. The Morgan fingerprint density at radius 2 is 1.73 bits per heavy atom. The van der Waals surface area contributed by atoms with Gasteiger partial charge in [0.05, 0.1) is 0 Å². The van der Waals surface area contributed by atoms with Gasteiger partial charge in [0, 0.05) is 37.6 Å². The van der Waals surface area contributed by atoms with Crippen molar-refractivity contribution in [3.8, 4) is 0 Å². The van der Waals surface area contributed by atoms with Crippen LogP contribution in [-0.4, -0.2) is 48.6 Å². The normalized spacial score (nSPS) is 26.8. The van der Waals surface area contributed by atoms with E-state index in [4.69, 9.17) is 0 Å². The zero-order valence-electron chi connectivity index (χ0n) is 10.8. The first kappa shape index (κ1) is 11.4. The Hall–Kier alpha value is -0.0800. The van der Waals surface area contributed by atoms with Gasteiger partial charge in [-0.3, -0.25) is 4.90 Å². The van der Waals surface area contributed by atoms with Crippen molar-refractivity contribution in [3.05, 3.63) is 0 Å². The molecule has 0 unspecified atom stereocenters. The van der Waals surface area contributed by atoms with E-state index in [2.05, 4.69) is 37.5 Å². The van der Waals surface area contributed by atoms with Gasteiger partial charge in [-0.05, 0) is 32.7 Å². The molecule has 0 saturated carbocycles. The molecule has 2 heterocycles. The van der Waals surface area contributed by atoms with Crippen LogP contribution in [0.15, 0.2) is 0 Å². The molecule has 0 aromatic carbocycles. The van der Waals surface area contributed by atoms with Crippen LogP contribution in [0.5, 0.6) is 0 Å². The standard InChI is InChI=1S/C13H26N2/c1-11(2)7-14-6-5-13(8-14)9-15(10-13)12(3)4/h11-12H,5-10H2,1-4H3. The zero-order chi connectivity index (χ0) is 11.1. The molecule has 0 aromatic heterocycles. The minimum Gasteiger partial charge on any atom is -0.302 e. The van der Waals surface area contributed by atoms with Gasteiger partial charge in [-0.1, -0.05) is 13.8 Å². The molecule has 2 aliphatic rings. The van der Waals surface area contributed by atoms with Crippen molar-refractivity contribution in [2.45, 2.75) is 40.2 Å². The fraction of sp³-hybridized carbons (Fsp3) is 1.00. The Kier molecular flexibility index (Phi) is 3.09. The van der Waals surface area contributed by atoms with Crippen LogP contribution in [0.1, 0.15) is 34.1 Å². The summed E-state index contributed by atoms with van der Waals surface area (Å²) in [6, 6.07) is 0.745. The molecule has 2 aliphatic heterocycles. The first-order valence-corrected chi connectivity index (χ1v) is 6.47. The van der Waals surface area contributed by atoms with Gasteiger partial charge in [-0.15, -0.1) is 0 Å². The summed E-state index contributed by atoms with van der Waals surface area (Å²) in [5.74, 6) is 0.821. The van der Waals surface area contributed by atoms with E-state index in [0.29, 0.717) is 5.41 Å². The fourth-order valence-electron chi connectivity index (χ4n) is 3.14. The maximum Gasteiger partial charge on any atom is 0.00971 e. The monoisotopic (exact) mass is 210 g/mol. The lowest BCUT2D eigenvalue weighted by Gasteiger charge is -2.50. The highest BCUT2D eigenvalue weighted by Gasteiger charge is 2.47. The molecule has 88 valence electrons. The lowest BCUT2D eigenvalue weighted by Crippen LogP contribution is -2.59. The predicted molar refractivity (Wildman–Crippen MR) is 65.0 cm³/mol. The highest BCUT2D eigenvalue weighted by Crippen LogP contribution is 2.40.